The van der Waals surface area contributed by atoms with Crippen LogP contribution >= 0.6 is 11.8 Å². The number of hydrogen-bond acceptors (Lipinski definition) is 1. The topological polar surface area (TPSA) is 0 Å². The van der Waals surface area contributed by atoms with E-state index in [1.165, 1.54) is 16.0 Å². The lowest BCUT2D eigenvalue weighted by atomic mass is 10.2. The van der Waals surface area contributed by atoms with Crippen LogP contribution in [0.15, 0.2) is 35.2 Å². The van der Waals surface area contributed by atoms with Crippen molar-refractivity contribution in [3.63, 3.8) is 0 Å². The Bertz CT molecular complexity index is 306. The van der Waals surface area contributed by atoms with Gasteiger partial charge in [0.15, 0.2) is 0 Å². The third-order valence-corrected chi connectivity index (χ3v) is 3.58. The second kappa shape index (κ2) is 5.26. The molecule has 1 rings (SSSR count). The van der Waals surface area contributed by atoms with Crippen molar-refractivity contribution >= 4 is 11.8 Å². The molecular formula is C13H18S. The van der Waals surface area contributed by atoms with Crippen LogP contribution in [0.5, 0.6) is 0 Å². The minimum atomic E-state index is 0.555. The average molecular weight is 206 g/mol. The lowest BCUT2D eigenvalue weighted by Gasteiger charge is -2.11. The average Bonchev–Trinajstić information content (AvgIpc) is 2.12. The van der Waals surface area contributed by atoms with E-state index < -0.39 is 0 Å². The van der Waals surface area contributed by atoms with E-state index in [4.69, 9.17) is 0 Å². The van der Waals surface area contributed by atoms with Gasteiger partial charge < -0.3 is 0 Å². The highest BCUT2D eigenvalue weighted by Crippen LogP contribution is 2.30. The van der Waals surface area contributed by atoms with E-state index >= 15 is 0 Å². The van der Waals surface area contributed by atoms with Crippen molar-refractivity contribution in [2.45, 2.75) is 37.8 Å². The summed E-state index contributed by atoms with van der Waals surface area (Å²) in [6.45, 7) is 8.66. The molecule has 1 atom stereocenters. The highest BCUT2D eigenvalue weighted by atomic mass is 32.2. The molecule has 0 amide bonds. The van der Waals surface area contributed by atoms with E-state index in [1.807, 2.05) is 11.8 Å². The van der Waals surface area contributed by atoms with E-state index in [-0.39, 0.29) is 0 Å². The number of rotatable bonds is 3. The monoisotopic (exact) mass is 206 g/mol. The highest BCUT2D eigenvalue weighted by Gasteiger charge is 2.05. The molecule has 0 N–H and O–H groups in total. The van der Waals surface area contributed by atoms with Crippen molar-refractivity contribution in [3.05, 3.63) is 41.5 Å². The number of hydrogen-bond donors (Lipinski definition) is 0. The van der Waals surface area contributed by atoms with Gasteiger partial charge in [-0.2, -0.15) is 0 Å². The van der Waals surface area contributed by atoms with Gasteiger partial charge >= 0.3 is 0 Å². The zero-order valence-electron chi connectivity index (χ0n) is 9.37. The molecule has 0 saturated carbocycles. The molecular weight excluding hydrogens is 188 g/mol. The summed E-state index contributed by atoms with van der Waals surface area (Å²) in [6.07, 6.45) is 4.35. The van der Waals surface area contributed by atoms with Gasteiger partial charge in [0, 0.05) is 10.1 Å². The van der Waals surface area contributed by atoms with E-state index in [9.17, 15) is 0 Å². The molecule has 0 fully saturated rings. The van der Waals surface area contributed by atoms with Crippen molar-refractivity contribution in [3.8, 4) is 0 Å². The van der Waals surface area contributed by atoms with Gasteiger partial charge in [-0.05, 0) is 38.8 Å². The van der Waals surface area contributed by atoms with E-state index in [2.05, 4.69) is 58.0 Å². The molecule has 0 heterocycles. The van der Waals surface area contributed by atoms with Gasteiger partial charge in [0.1, 0.15) is 0 Å². The molecule has 0 aromatic heterocycles. The van der Waals surface area contributed by atoms with E-state index in [1.54, 1.807) is 0 Å². The molecule has 1 aromatic rings. The van der Waals surface area contributed by atoms with Gasteiger partial charge in [-0.3, -0.25) is 0 Å². The van der Waals surface area contributed by atoms with Crippen LogP contribution in [0.1, 0.15) is 25.0 Å². The molecule has 1 heteroatoms. The normalized spacial score (nSPS) is 13.4. The summed E-state index contributed by atoms with van der Waals surface area (Å²) in [4.78, 5) is 1.43. The summed E-state index contributed by atoms with van der Waals surface area (Å²) in [5.41, 5.74) is 2.76. The lowest BCUT2D eigenvalue weighted by Crippen LogP contribution is -1.93. The molecule has 0 bridgehead atoms. The predicted octanol–water partition coefficient (Wildman–Crippen LogP) is 4.36. The predicted molar refractivity (Wildman–Crippen MR) is 66.0 cm³/mol. The molecule has 0 radical (unpaired) electrons. The molecule has 14 heavy (non-hydrogen) atoms. The summed E-state index contributed by atoms with van der Waals surface area (Å²) < 4.78 is 0. The Labute approximate surface area is 91.4 Å². The minimum absolute atomic E-state index is 0.555. The van der Waals surface area contributed by atoms with Crippen LogP contribution in [0, 0.1) is 13.8 Å². The first-order valence-electron chi connectivity index (χ1n) is 5.01. The third kappa shape index (κ3) is 2.91. The minimum Gasteiger partial charge on any atom is -0.118 e. The van der Waals surface area contributed by atoms with Crippen LogP contribution in [-0.2, 0) is 0 Å². The Kier molecular flexibility index (Phi) is 4.27. The van der Waals surface area contributed by atoms with Gasteiger partial charge in [0.2, 0.25) is 0 Å². The number of aryl methyl sites for hydroxylation is 2. The SMILES string of the molecule is C/C=C/C(C)Sc1c(C)cccc1C. The standard InChI is InChI=1S/C13H18S/c1-5-7-12(4)14-13-10(2)8-6-9-11(13)3/h5-9,12H,1-4H3/b7-5+. The quantitative estimate of drug-likeness (QED) is 0.523. The molecule has 0 spiro atoms. The first-order chi connectivity index (χ1) is 6.65. The Morgan fingerprint density at radius 3 is 2.29 bits per heavy atom. The van der Waals surface area contributed by atoms with Gasteiger partial charge in [-0.1, -0.05) is 30.4 Å². The van der Waals surface area contributed by atoms with Crippen LogP contribution in [-0.4, -0.2) is 5.25 Å². The molecule has 0 aliphatic heterocycles. The zero-order chi connectivity index (χ0) is 10.6. The number of thioether (sulfide) groups is 1. The first-order valence-corrected chi connectivity index (χ1v) is 5.88. The number of benzene rings is 1. The molecule has 0 aliphatic rings. The maximum absolute atomic E-state index is 2.23. The summed E-state index contributed by atoms with van der Waals surface area (Å²) in [5.74, 6) is 0. The summed E-state index contributed by atoms with van der Waals surface area (Å²) in [5, 5.41) is 0.555. The van der Waals surface area contributed by atoms with Crippen LogP contribution in [0.25, 0.3) is 0 Å². The molecule has 0 saturated heterocycles. The summed E-state index contributed by atoms with van der Waals surface area (Å²) in [6, 6.07) is 6.48. The van der Waals surface area contributed by atoms with E-state index in [0.717, 1.165) is 0 Å². The second-order valence-electron chi connectivity index (χ2n) is 3.57. The lowest BCUT2D eigenvalue weighted by molar-refractivity contribution is 1.18. The van der Waals surface area contributed by atoms with Gasteiger partial charge in [0.05, 0.1) is 0 Å². The van der Waals surface area contributed by atoms with Gasteiger partial charge in [-0.25, -0.2) is 0 Å². The van der Waals surface area contributed by atoms with Crippen molar-refractivity contribution in [2.75, 3.05) is 0 Å². The van der Waals surface area contributed by atoms with E-state index in [0.29, 0.717) is 5.25 Å². The third-order valence-electron chi connectivity index (χ3n) is 2.18. The summed E-state index contributed by atoms with van der Waals surface area (Å²) >= 11 is 1.93. The molecule has 76 valence electrons. The molecule has 1 aromatic carbocycles. The fourth-order valence-electron chi connectivity index (χ4n) is 1.48. The highest BCUT2D eigenvalue weighted by molar-refractivity contribution is 8.00. The molecule has 0 aliphatic carbocycles. The van der Waals surface area contributed by atoms with Gasteiger partial charge in [0.25, 0.3) is 0 Å². The number of allylic oxidation sites excluding steroid dienone is 1. The molecule has 0 nitrogen and oxygen atoms in total. The van der Waals surface area contributed by atoms with Crippen LogP contribution in [0.4, 0.5) is 0 Å². The maximum Gasteiger partial charge on any atom is 0.0246 e. The second-order valence-corrected chi connectivity index (χ2v) is 4.96. The fourth-order valence-corrected chi connectivity index (χ4v) is 2.60. The smallest absolute Gasteiger partial charge is 0.0246 e. The zero-order valence-corrected chi connectivity index (χ0v) is 10.2. The van der Waals surface area contributed by atoms with Crippen LogP contribution in [0.3, 0.4) is 0 Å². The Hall–Kier alpha value is -0.690. The molecule has 1 unspecified atom stereocenters. The fraction of sp³-hybridized carbons (Fsp3) is 0.385. The Morgan fingerprint density at radius 2 is 1.79 bits per heavy atom. The van der Waals surface area contributed by atoms with Gasteiger partial charge in [-0.15, -0.1) is 11.8 Å². The van der Waals surface area contributed by atoms with Crippen molar-refractivity contribution in [2.24, 2.45) is 0 Å². The Balaban J connectivity index is 2.85. The largest absolute Gasteiger partial charge is 0.118 e. The maximum atomic E-state index is 2.23. The van der Waals surface area contributed by atoms with Crippen LogP contribution < -0.4 is 0 Å². The van der Waals surface area contributed by atoms with Crippen molar-refractivity contribution in [1.82, 2.24) is 0 Å². The summed E-state index contributed by atoms with van der Waals surface area (Å²) in [7, 11) is 0. The van der Waals surface area contributed by atoms with Crippen molar-refractivity contribution in [1.29, 1.82) is 0 Å². The Morgan fingerprint density at radius 1 is 1.21 bits per heavy atom. The van der Waals surface area contributed by atoms with Crippen molar-refractivity contribution < 1.29 is 0 Å². The van der Waals surface area contributed by atoms with Crippen LogP contribution in [0.2, 0.25) is 0 Å². The first kappa shape index (κ1) is 11.4.